The first kappa shape index (κ1) is 15.5. The van der Waals surface area contributed by atoms with Gasteiger partial charge in [0.2, 0.25) is 0 Å². The van der Waals surface area contributed by atoms with Crippen molar-refractivity contribution in [3.05, 3.63) is 64.7 Å². The normalized spacial score (nSPS) is 12.2. The van der Waals surface area contributed by atoms with Crippen LogP contribution in [-0.4, -0.2) is 12.2 Å². The van der Waals surface area contributed by atoms with E-state index in [4.69, 9.17) is 9.84 Å². The third kappa shape index (κ3) is 4.06. The number of nitrogens with one attached hydrogen (secondary N) is 1. The third-order valence-electron chi connectivity index (χ3n) is 3.67. The Kier molecular flexibility index (Phi) is 5.37. The van der Waals surface area contributed by atoms with Gasteiger partial charge in [-0.2, -0.15) is 0 Å². The number of aryl methyl sites for hydroxylation is 1. The van der Waals surface area contributed by atoms with Gasteiger partial charge in [0, 0.05) is 11.6 Å². The van der Waals surface area contributed by atoms with Gasteiger partial charge >= 0.3 is 0 Å². The van der Waals surface area contributed by atoms with Crippen LogP contribution in [0.1, 0.15) is 35.2 Å². The zero-order chi connectivity index (χ0) is 15.2. The Morgan fingerprint density at radius 1 is 1.10 bits per heavy atom. The summed E-state index contributed by atoms with van der Waals surface area (Å²) >= 11 is 0. The van der Waals surface area contributed by atoms with Crippen LogP contribution in [0.3, 0.4) is 0 Å². The van der Waals surface area contributed by atoms with Crippen LogP contribution >= 0.6 is 0 Å². The molecule has 0 fully saturated rings. The first-order valence-corrected chi connectivity index (χ1v) is 7.23. The van der Waals surface area contributed by atoms with E-state index in [9.17, 15) is 0 Å². The molecule has 3 nitrogen and oxygen atoms in total. The number of benzene rings is 2. The highest BCUT2D eigenvalue weighted by Gasteiger charge is 2.10. The zero-order valence-corrected chi connectivity index (χ0v) is 12.9. The van der Waals surface area contributed by atoms with E-state index in [1.54, 1.807) is 0 Å². The number of hydrogen-bond donors (Lipinski definition) is 2. The molecule has 2 aromatic rings. The molecule has 112 valence electrons. The lowest BCUT2D eigenvalue weighted by Crippen LogP contribution is -2.14. The minimum absolute atomic E-state index is 0.0723. The maximum absolute atomic E-state index is 9.05. The van der Waals surface area contributed by atoms with Crippen molar-refractivity contribution in [3.8, 4) is 5.75 Å². The van der Waals surface area contributed by atoms with Gasteiger partial charge in [-0.15, -0.1) is 0 Å². The number of rotatable bonds is 6. The predicted molar refractivity (Wildman–Crippen MR) is 85.4 cm³/mol. The topological polar surface area (TPSA) is 41.5 Å². The summed E-state index contributed by atoms with van der Waals surface area (Å²) in [5.41, 5.74) is 4.36. The summed E-state index contributed by atoms with van der Waals surface area (Å²) in [4.78, 5) is 0. The molecular weight excluding hydrogens is 262 g/mol. The predicted octanol–water partition coefficient (Wildman–Crippen LogP) is 3.35. The standard InChI is InChI=1S/C18H23NO2/c1-13-4-9-17(14(2)19-3)18(10-13)21-12-16-7-5-15(11-20)6-8-16/h4-10,14,19-20H,11-12H2,1-3H3. The van der Waals surface area contributed by atoms with Crippen molar-refractivity contribution in [2.24, 2.45) is 0 Å². The SMILES string of the molecule is CNC(C)c1ccc(C)cc1OCc1ccc(CO)cc1. The number of ether oxygens (including phenoxy) is 1. The molecule has 3 heteroatoms. The number of aliphatic hydroxyl groups excluding tert-OH is 1. The molecule has 0 aromatic heterocycles. The summed E-state index contributed by atoms with van der Waals surface area (Å²) < 4.78 is 6.00. The molecule has 0 aliphatic carbocycles. The van der Waals surface area contributed by atoms with Crippen LogP contribution in [0.2, 0.25) is 0 Å². The Labute approximate surface area is 126 Å². The van der Waals surface area contributed by atoms with Crippen molar-refractivity contribution in [3.63, 3.8) is 0 Å². The van der Waals surface area contributed by atoms with Crippen LogP contribution < -0.4 is 10.1 Å². The van der Waals surface area contributed by atoms with Crippen LogP contribution in [0, 0.1) is 6.92 Å². The highest BCUT2D eigenvalue weighted by atomic mass is 16.5. The van der Waals surface area contributed by atoms with Gasteiger partial charge in [-0.3, -0.25) is 0 Å². The first-order valence-electron chi connectivity index (χ1n) is 7.23. The van der Waals surface area contributed by atoms with Crippen molar-refractivity contribution >= 4 is 0 Å². The second-order valence-corrected chi connectivity index (χ2v) is 5.31. The van der Waals surface area contributed by atoms with Crippen molar-refractivity contribution in [2.75, 3.05) is 7.05 Å². The van der Waals surface area contributed by atoms with E-state index in [-0.39, 0.29) is 12.6 Å². The summed E-state index contributed by atoms with van der Waals surface area (Å²) in [5, 5.41) is 12.3. The molecule has 0 heterocycles. The lowest BCUT2D eigenvalue weighted by Gasteiger charge is -2.17. The van der Waals surface area contributed by atoms with Gasteiger partial charge in [0.25, 0.3) is 0 Å². The lowest BCUT2D eigenvalue weighted by molar-refractivity contribution is 0.281. The van der Waals surface area contributed by atoms with E-state index in [0.717, 1.165) is 22.4 Å². The summed E-state index contributed by atoms with van der Waals surface area (Å²) in [7, 11) is 1.95. The molecule has 2 rings (SSSR count). The fraction of sp³-hybridized carbons (Fsp3) is 0.333. The van der Waals surface area contributed by atoms with Crippen molar-refractivity contribution in [1.82, 2.24) is 5.32 Å². The molecular formula is C18H23NO2. The Balaban J connectivity index is 2.12. The van der Waals surface area contributed by atoms with E-state index in [1.165, 1.54) is 5.56 Å². The fourth-order valence-corrected chi connectivity index (χ4v) is 2.18. The average molecular weight is 285 g/mol. The zero-order valence-electron chi connectivity index (χ0n) is 12.9. The molecule has 0 bridgehead atoms. The smallest absolute Gasteiger partial charge is 0.124 e. The average Bonchev–Trinajstić information content (AvgIpc) is 2.52. The van der Waals surface area contributed by atoms with Crippen LogP contribution in [0.25, 0.3) is 0 Å². The van der Waals surface area contributed by atoms with E-state index < -0.39 is 0 Å². The van der Waals surface area contributed by atoms with Crippen LogP contribution in [0.15, 0.2) is 42.5 Å². The molecule has 2 N–H and O–H groups in total. The van der Waals surface area contributed by atoms with Gasteiger partial charge in [0.05, 0.1) is 6.61 Å². The molecule has 1 unspecified atom stereocenters. The Bertz CT molecular complexity index is 578. The second-order valence-electron chi connectivity index (χ2n) is 5.31. The van der Waals surface area contributed by atoms with E-state index in [0.29, 0.717) is 6.61 Å². The van der Waals surface area contributed by atoms with E-state index >= 15 is 0 Å². The molecule has 0 aliphatic heterocycles. The summed E-state index contributed by atoms with van der Waals surface area (Å²) in [6, 6.07) is 14.4. The molecule has 0 radical (unpaired) electrons. The van der Waals surface area contributed by atoms with E-state index in [2.05, 4.69) is 37.4 Å². The van der Waals surface area contributed by atoms with Crippen molar-refractivity contribution in [2.45, 2.75) is 33.1 Å². The molecule has 0 spiro atoms. The van der Waals surface area contributed by atoms with Gasteiger partial charge < -0.3 is 15.2 Å². The maximum Gasteiger partial charge on any atom is 0.124 e. The quantitative estimate of drug-likeness (QED) is 0.855. The Morgan fingerprint density at radius 2 is 1.76 bits per heavy atom. The summed E-state index contributed by atoms with van der Waals surface area (Å²) in [6.07, 6.45) is 0. The monoisotopic (exact) mass is 285 g/mol. The Hall–Kier alpha value is -1.84. The molecule has 0 amide bonds. The Morgan fingerprint density at radius 3 is 2.38 bits per heavy atom. The van der Waals surface area contributed by atoms with Crippen molar-refractivity contribution in [1.29, 1.82) is 0 Å². The molecule has 0 saturated heterocycles. The minimum Gasteiger partial charge on any atom is -0.489 e. The largest absolute Gasteiger partial charge is 0.489 e. The van der Waals surface area contributed by atoms with Crippen LogP contribution in [0.4, 0.5) is 0 Å². The molecule has 21 heavy (non-hydrogen) atoms. The highest BCUT2D eigenvalue weighted by molar-refractivity contribution is 5.39. The van der Waals surface area contributed by atoms with Gasteiger partial charge in [-0.25, -0.2) is 0 Å². The van der Waals surface area contributed by atoms with E-state index in [1.807, 2.05) is 31.3 Å². The highest BCUT2D eigenvalue weighted by Crippen LogP contribution is 2.27. The first-order chi connectivity index (χ1) is 10.1. The van der Waals surface area contributed by atoms with Crippen LogP contribution in [-0.2, 0) is 13.2 Å². The molecule has 0 saturated carbocycles. The molecule has 0 aliphatic rings. The molecule has 1 atom stereocenters. The van der Waals surface area contributed by atoms with Crippen LogP contribution in [0.5, 0.6) is 5.75 Å². The summed E-state index contributed by atoms with van der Waals surface area (Å²) in [5.74, 6) is 0.920. The third-order valence-corrected chi connectivity index (χ3v) is 3.67. The molecule has 2 aromatic carbocycles. The number of hydrogen-bond acceptors (Lipinski definition) is 3. The van der Waals surface area contributed by atoms with Crippen molar-refractivity contribution < 1.29 is 9.84 Å². The van der Waals surface area contributed by atoms with Gasteiger partial charge in [-0.1, -0.05) is 36.4 Å². The van der Waals surface area contributed by atoms with Gasteiger partial charge in [-0.05, 0) is 43.7 Å². The minimum atomic E-state index is 0.0723. The maximum atomic E-state index is 9.05. The fourth-order valence-electron chi connectivity index (χ4n) is 2.18. The van der Waals surface area contributed by atoms with Gasteiger partial charge in [0.15, 0.2) is 0 Å². The lowest BCUT2D eigenvalue weighted by atomic mass is 10.1. The van der Waals surface area contributed by atoms with Gasteiger partial charge in [0.1, 0.15) is 12.4 Å². The number of aliphatic hydroxyl groups is 1. The second kappa shape index (κ2) is 7.25. The summed E-state index contributed by atoms with van der Waals surface area (Å²) in [6.45, 7) is 4.78.